The second-order valence-corrected chi connectivity index (χ2v) is 9.03. The molecule has 0 spiro atoms. The second-order valence-electron chi connectivity index (χ2n) is 8.09. The molecule has 3 heterocycles. The van der Waals surface area contributed by atoms with Crippen LogP contribution >= 0.6 is 11.3 Å². The van der Waals surface area contributed by atoms with Crippen molar-refractivity contribution in [3.63, 3.8) is 0 Å². The summed E-state index contributed by atoms with van der Waals surface area (Å²) in [5, 5.41) is 9.44. The van der Waals surface area contributed by atoms with Crippen LogP contribution in [0, 0.1) is 20.8 Å². The number of hydrogen-bond acceptors (Lipinski definition) is 6. The van der Waals surface area contributed by atoms with Gasteiger partial charge in [-0.3, -0.25) is 4.79 Å². The smallest absolute Gasteiger partial charge is 0.255 e. The molecule has 3 aromatic heterocycles. The Hall–Kier alpha value is -4.30. The molecule has 5 rings (SSSR count). The van der Waals surface area contributed by atoms with E-state index in [1.165, 1.54) is 4.88 Å². The van der Waals surface area contributed by atoms with Gasteiger partial charge in [-0.1, -0.05) is 18.2 Å². The summed E-state index contributed by atoms with van der Waals surface area (Å²) in [4.78, 5) is 22.7. The molecule has 0 fully saturated rings. The third kappa shape index (κ3) is 5.12. The normalized spacial score (nSPS) is 10.8. The molecular weight excluding hydrogens is 458 g/mol. The van der Waals surface area contributed by atoms with Gasteiger partial charge in [-0.15, -0.1) is 11.3 Å². The molecule has 174 valence electrons. The Labute approximate surface area is 207 Å². The van der Waals surface area contributed by atoms with Gasteiger partial charge in [0.25, 0.3) is 5.91 Å². The summed E-state index contributed by atoms with van der Waals surface area (Å²) in [7, 11) is 0. The molecule has 0 aliphatic carbocycles. The number of ether oxygens (including phenoxy) is 1. The van der Waals surface area contributed by atoms with Crippen molar-refractivity contribution in [2.45, 2.75) is 20.8 Å². The fraction of sp³-hybridized carbons (Fsp3) is 0.111. The summed E-state index contributed by atoms with van der Waals surface area (Å²) in [5.41, 5.74) is 4.26. The molecule has 0 aliphatic rings. The van der Waals surface area contributed by atoms with E-state index in [0.717, 1.165) is 17.0 Å². The Morgan fingerprint density at radius 3 is 2.37 bits per heavy atom. The number of nitrogens with zero attached hydrogens (tertiary/aromatic N) is 4. The third-order valence-corrected chi connectivity index (χ3v) is 6.23. The summed E-state index contributed by atoms with van der Waals surface area (Å²) in [6, 6.07) is 22.6. The Bertz CT molecular complexity index is 1470. The van der Waals surface area contributed by atoms with Gasteiger partial charge in [-0.2, -0.15) is 10.1 Å². The lowest BCUT2D eigenvalue weighted by Crippen LogP contribution is -2.11. The van der Waals surface area contributed by atoms with E-state index in [-0.39, 0.29) is 5.91 Å². The number of aryl methyl sites for hydroxylation is 3. The molecule has 0 atom stereocenters. The van der Waals surface area contributed by atoms with Crippen LogP contribution in [-0.4, -0.2) is 25.7 Å². The Morgan fingerprint density at radius 1 is 0.943 bits per heavy atom. The largest absolute Gasteiger partial charge is 0.439 e. The highest BCUT2D eigenvalue weighted by Crippen LogP contribution is 2.26. The summed E-state index contributed by atoms with van der Waals surface area (Å²) >= 11 is 1.67. The number of rotatable bonds is 6. The van der Waals surface area contributed by atoms with E-state index in [0.29, 0.717) is 34.5 Å². The first-order valence-corrected chi connectivity index (χ1v) is 11.9. The third-order valence-electron chi connectivity index (χ3n) is 5.31. The van der Waals surface area contributed by atoms with Gasteiger partial charge < -0.3 is 10.1 Å². The maximum Gasteiger partial charge on any atom is 0.255 e. The van der Waals surface area contributed by atoms with Crippen LogP contribution in [-0.2, 0) is 0 Å². The van der Waals surface area contributed by atoms with Gasteiger partial charge in [-0.25, -0.2) is 9.67 Å². The lowest BCUT2D eigenvalue weighted by atomic mass is 10.1. The number of carbonyl (C=O) groups is 1. The molecule has 1 amide bonds. The highest BCUT2D eigenvalue weighted by atomic mass is 32.1. The van der Waals surface area contributed by atoms with Crippen molar-refractivity contribution < 1.29 is 9.53 Å². The van der Waals surface area contributed by atoms with Crippen LogP contribution in [0.5, 0.6) is 11.6 Å². The first-order valence-electron chi connectivity index (χ1n) is 11.1. The number of nitrogens with one attached hydrogen (secondary N) is 1. The monoisotopic (exact) mass is 481 g/mol. The van der Waals surface area contributed by atoms with Crippen LogP contribution < -0.4 is 10.1 Å². The SMILES string of the molecule is Cc1cc(C)n(-c2cc(Oc3ccc(NC(=O)c4ccc(-c5cccs5)cc4)cc3)nc(C)n2)n1. The zero-order valence-corrected chi connectivity index (χ0v) is 20.3. The quantitative estimate of drug-likeness (QED) is 0.305. The molecule has 0 bridgehead atoms. The maximum absolute atomic E-state index is 12.7. The van der Waals surface area contributed by atoms with E-state index >= 15 is 0 Å². The number of benzene rings is 2. The first-order chi connectivity index (χ1) is 16.9. The van der Waals surface area contributed by atoms with E-state index in [1.54, 1.807) is 46.4 Å². The van der Waals surface area contributed by atoms with Crippen LogP contribution in [0.4, 0.5) is 5.69 Å². The van der Waals surface area contributed by atoms with Crippen LogP contribution in [0.15, 0.2) is 78.2 Å². The summed E-state index contributed by atoms with van der Waals surface area (Å²) < 4.78 is 7.72. The molecule has 0 saturated heterocycles. The van der Waals surface area contributed by atoms with Gasteiger partial charge in [0.05, 0.1) is 5.69 Å². The standard InChI is InChI=1S/C27H23N5O2S/c1-17-15-18(2)32(31-17)25-16-26(29-19(3)28-25)34-23-12-10-22(11-13-23)30-27(33)21-8-6-20(7-9-21)24-5-4-14-35-24/h4-16H,1-3H3,(H,30,33). The molecule has 1 N–H and O–H groups in total. The lowest BCUT2D eigenvalue weighted by Gasteiger charge is -2.10. The molecule has 2 aromatic carbocycles. The highest BCUT2D eigenvalue weighted by molar-refractivity contribution is 7.13. The van der Waals surface area contributed by atoms with Gasteiger partial charge in [0, 0.05) is 27.9 Å². The minimum absolute atomic E-state index is 0.169. The number of aromatic nitrogens is 4. The Balaban J connectivity index is 1.26. The molecule has 5 aromatic rings. The number of amides is 1. The predicted octanol–water partition coefficient (Wildman–Crippen LogP) is 6.36. The van der Waals surface area contributed by atoms with E-state index in [9.17, 15) is 4.79 Å². The van der Waals surface area contributed by atoms with Crippen LogP contribution in [0.3, 0.4) is 0 Å². The number of thiophene rings is 1. The fourth-order valence-electron chi connectivity index (χ4n) is 3.71. The maximum atomic E-state index is 12.7. The van der Waals surface area contributed by atoms with E-state index < -0.39 is 0 Å². The molecular formula is C27H23N5O2S. The van der Waals surface area contributed by atoms with Crippen molar-refractivity contribution in [2.75, 3.05) is 5.32 Å². The topological polar surface area (TPSA) is 81.9 Å². The van der Waals surface area contributed by atoms with Crippen LogP contribution in [0.2, 0.25) is 0 Å². The number of anilines is 1. The molecule has 7 nitrogen and oxygen atoms in total. The van der Waals surface area contributed by atoms with Crippen molar-refractivity contribution in [3.05, 3.63) is 101 Å². The van der Waals surface area contributed by atoms with Crippen molar-refractivity contribution in [1.29, 1.82) is 0 Å². The summed E-state index contributed by atoms with van der Waals surface area (Å²) in [5.74, 6) is 2.08. The number of hydrogen-bond donors (Lipinski definition) is 1. The second kappa shape index (κ2) is 9.52. The summed E-state index contributed by atoms with van der Waals surface area (Å²) in [6.45, 7) is 5.73. The van der Waals surface area contributed by atoms with Gasteiger partial charge >= 0.3 is 0 Å². The van der Waals surface area contributed by atoms with Crippen molar-refractivity contribution in [3.8, 4) is 27.9 Å². The van der Waals surface area contributed by atoms with Crippen molar-refractivity contribution >= 4 is 22.9 Å². The fourth-order valence-corrected chi connectivity index (χ4v) is 4.44. The Morgan fingerprint density at radius 2 is 1.71 bits per heavy atom. The highest BCUT2D eigenvalue weighted by Gasteiger charge is 2.11. The lowest BCUT2D eigenvalue weighted by molar-refractivity contribution is 0.102. The Kier molecular flexibility index (Phi) is 6.12. The molecule has 35 heavy (non-hydrogen) atoms. The summed E-state index contributed by atoms with van der Waals surface area (Å²) in [6.07, 6.45) is 0. The average molecular weight is 482 g/mol. The molecule has 0 saturated carbocycles. The predicted molar refractivity (Wildman–Crippen MR) is 138 cm³/mol. The van der Waals surface area contributed by atoms with Crippen molar-refractivity contribution in [2.24, 2.45) is 0 Å². The van der Waals surface area contributed by atoms with Gasteiger partial charge in [0.15, 0.2) is 5.82 Å². The molecule has 0 unspecified atom stereocenters. The first kappa shape index (κ1) is 22.5. The van der Waals surface area contributed by atoms with Crippen LogP contribution in [0.1, 0.15) is 27.6 Å². The van der Waals surface area contributed by atoms with E-state index in [1.807, 2.05) is 62.5 Å². The van der Waals surface area contributed by atoms with E-state index in [4.69, 9.17) is 4.74 Å². The van der Waals surface area contributed by atoms with Crippen LogP contribution in [0.25, 0.3) is 16.3 Å². The van der Waals surface area contributed by atoms with Gasteiger partial charge in [0.1, 0.15) is 11.6 Å². The average Bonchev–Trinajstić information content (AvgIpc) is 3.50. The minimum Gasteiger partial charge on any atom is -0.439 e. The molecule has 0 aliphatic heterocycles. The molecule has 8 heteroatoms. The van der Waals surface area contributed by atoms with Gasteiger partial charge in [0.2, 0.25) is 5.88 Å². The van der Waals surface area contributed by atoms with Gasteiger partial charge in [-0.05, 0) is 80.2 Å². The van der Waals surface area contributed by atoms with E-state index in [2.05, 4.69) is 26.4 Å². The zero-order chi connectivity index (χ0) is 24.4. The van der Waals surface area contributed by atoms with Crippen molar-refractivity contribution in [1.82, 2.24) is 19.7 Å². The number of carbonyl (C=O) groups excluding carboxylic acids is 1. The molecule has 0 radical (unpaired) electrons. The zero-order valence-electron chi connectivity index (χ0n) is 19.5. The minimum atomic E-state index is -0.169.